The van der Waals surface area contributed by atoms with Gasteiger partial charge in [0.25, 0.3) is 0 Å². The van der Waals surface area contributed by atoms with Gasteiger partial charge < -0.3 is 5.73 Å². The summed E-state index contributed by atoms with van der Waals surface area (Å²) in [4.78, 5) is 5.31. The first-order valence-electron chi connectivity index (χ1n) is 7.21. The van der Waals surface area contributed by atoms with E-state index in [-0.39, 0.29) is 0 Å². The van der Waals surface area contributed by atoms with Crippen LogP contribution in [-0.2, 0) is 0 Å². The van der Waals surface area contributed by atoms with Gasteiger partial charge in [-0.25, -0.2) is 0 Å². The van der Waals surface area contributed by atoms with Crippen LogP contribution in [0.4, 0.5) is 0 Å². The summed E-state index contributed by atoms with van der Waals surface area (Å²) in [5.74, 6) is 0. The van der Waals surface area contributed by atoms with Crippen molar-refractivity contribution in [2.45, 2.75) is 64.1 Å². The summed E-state index contributed by atoms with van der Waals surface area (Å²) in [5.41, 5.74) is 6.31. The Balaban J connectivity index is 1.79. The van der Waals surface area contributed by atoms with E-state index in [1.165, 1.54) is 51.9 Å². The molecular formula is C14H29N3. The van der Waals surface area contributed by atoms with Gasteiger partial charge in [0.15, 0.2) is 0 Å². The van der Waals surface area contributed by atoms with Crippen LogP contribution in [0.15, 0.2) is 0 Å². The van der Waals surface area contributed by atoms with Crippen LogP contribution in [0.3, 0.4) is 0 Å². The van der Waals surface area contributed by atoms with Gasteiger partial charge in [-0.1, -0.05) is 0 Å². The molecule has 3 heteroatoms. The molecule has 0 radical (unpaired) electrons. The zero-order valence-electron chi connectivity index (χ0n) is 11.8. The minimum atomic E-state index is 0.334. The largest absolute Gasteiger partial charge is 0.328 e. The third kappa shape index (κ3) is 3.43. The van der Waals surface area contributed by atoms with Crippen molar-refractivity contribution in [3.63, 3.8) is 0 Å². The van der Waals surface area contributed by atoms with Gasteiger partial charge in [-0.3, -0.25) is 9.80 Å². The Labute approximate surface area is 106 Å². The molecule has 1 aliphatic carbocycles. The van der Waals surface area contributed by atoms with E-state index in [1.54, 1.807) is 0 Å². The number of rotatable bonds is 1. The number of hydrogen-bond donors (Lipinski definition) is 1. The Kier molecular flexibility index (Phi) is 4.11. The lowest BCUT2D eigenvalue weighted by molar-refractivity contribution is 0.0320. The molecule has 17 heavy (non-hydrogen) atoms. The fourth-order valence-corrected chi connectivity index (χ4v) is 3.22. The zero-order valence-corrected chi connectivity index (χ0v) is 11.8. The molecule has 3 nitrogen and oxygen atoms in total. The summed E-state index contributed by atoms with van der Waals surface area (Å²) in [6.07, 6.45) is 5.08. The molecule has 1 saturated carbocycles. The normalized spacial score (nSPS) is 33.9. The molecule has 100 valence electrons. The predicted octanol–water partition coefficient (Wildman–Crippen LogP) is 1.67. The average Bonchev–Trinajstić information content (AvgIpc) is 2.29. The topological polar surface area (TPSA) is 32.5 Å². The smallest absolute Gasteiger partial charge is 0.0126 e. The second kappa shape index (κ2) is 5.25. The highest BCUT2D eigenvalue weighted by atomic mass is 15.3. The van der Waals surface area contributed by atoms with Crippen LogP contribution in [0.1, 0.15) is 46.5 Å². The maximum Gasteiger partial charge on any atom is 0.0126 e. The summed E-state index contributed by atoms with van der Waals surface area (Å²) < 4.78 is 0. The van der Waals surface area contributed by atoms with Crippen LogP contribution < -0.4 is 5.73 Å². The lowest BCUT2D eigenvalue weighted by Crippen LogP contribution is -2.56. The minimum Gasteiger partial charge on any atom is -0.328 e. The number of piperazine rings is 1. The Morgan fingerprint density at radius 1 is 0.882 bits per heavy atom. The molecule has 0 aromatic heterocycles. The van der Waals surface area contributed by atoms with E-state index in [0.29, 0.717) is 11.6 Å². The van der Waals surface area contributed by atoms with Gasteiger partial charge in [0.2, 0.25) is 0 Å². The van der Waals surface area contributed by atoms with Crippen molar-refractivity contribution >= 4 is 0 Å². The lowest BCUT2D eigenvalue weighted by Gasteiger charge is -2.45. The van der Waals surface area contributed by atoms with Gasteiger partial charge in [0.05, 0.1) is 0 Å². The molecule has 1 saturated heterocycles. The fourth-order valence-electron chi connectivity index (χ4n) is 3.22. The fraction of sp³-hybridized carbons (Fsp3) is 1.00. The summed E-state index contributed by atoms with van der Waals surface area (Å²) >= 11 is 0. The molecule has 2 N–H and O–H groups in total. The zero-order chi connectivity index (χ0) is 12.5. The standard InChI is InChI=1S/C14H29N3/c1-14(2,3)17-10-8-16(9-11-17)13-6-4-12(15)5-7-13/h12-13H,4-11,15H2,1-3H3. The summed E-state index contributed by atoms with van der Waals surface area (Å²) in [5, 5.41) is 0. The molecule has 0 unspecified atom stereocenters. The van der Waals surface area contributed by atoms with E-state index in [0.717, 1.165) is 6.04 Å². The molecular weight excluding hydrogens is 210 g/mol. The molecule has 1 aliphatic heterocycles. The maximum atomic E-state index is 5.98. The van der Waals surface area contributed by atoms with Crippen LogP contribution in [0.2, 0.25) is 0 Å². The van der Waals surface area contributed by atoms with Crippen molar-refractivity contribution in [3.8, 4) is 0 Å². The Morgan fingerprint density at radius 3 is 1.88 bits per heavy atom. The Hall–Kier alpha value is -0.120. The molecule has 0 spiro atoms. The highest BCUT2D eigenvalue weighted by Gasteiger charge is 2.30. The summed E-state index contributed by atoms with van der Waals surface area (Å²) in [6.45, 7) is 11.9. The quantitative estimate of drug-likeness (QED) is 0.755. The van der Waals surface area contributed by atoms with Crippen LogP contribution in [0.5, 0.6) is 0 Å². The van der Waals surface area contributed by atoms with Gasteiger partial charge in [-0.2, -0.15) is 0 Å². The maximum absolute atomic E-state index is 5.98. The SMILES string of the molecule is CC(C)(C)N1CCN(C2CCC(N)CC2)CC1. The van der Waals surface area contributed by atoms with E-state index in [9.17, 15) is 0 Å². The molecule has 2 aliphatic rings. The number of nitrogens with two attached hydrogens (primary N) is 1. The first kappa shape index (κ1) is 13.3. The monoisotopic (exact) mass is 239 g/mol. The van der Waals surface area contributed by atoms with Crippen LogP contribution >= 0.6 is 0 Å². The van der Waals surface area contributed by atoms with Crippen molar-refractivity contribution < 1.29 is 0 Å². The first-order valence-corrected chi connectivity index (χ1v) is 7.21. The Morgan fingerprint density at radius 2 is 1.41 bits per heavy atom. The molecule has 2 fully saturated rings. The third-order valence-corrected chi connectivity index (χ3v) is 4.52. The van der Waals surface area contributed by atoms with E-state index in [4.69, 9.17) is 5.73 Å². The highest BCUT2D eigenvalue weighted by Crippen LogP contribution is 2.24. The van der Waals surface area contributed by atoms with Gasteiger partial charge in [0, 0.05) is 43.8 Å². The summed E-state index contributed by atoms with van der Waals surface area (Å²) in [7, 11) is 0. The average molecular weight is 239 g/mol. The van der Waals surface area contributed by atoms with Crippen molar-refractivity contribution in [2.24, 2.45) is 5.73 Å². The molecule has 0 aromatic rings. The summed E-state index contributed by atoms with van der Waals surface area (Å²) in [6, 6.07) is 1.29. The Bertz CT molecular complexity index is 230. The molecule has 2 rings (SSSR count). The van der Waals surface area contributed by atoms with E-state index >= 15 is 0 Å². The molecule has 1 heterocycles. The van der Waals surface area contributed by atoms with Crippen LogP contribution in [0, 0.1) is 0 Å². The second-order valence-electron chi connectivity index (χ2n) is 6.76. The highest BCUT2D eigenvalue weighted by molar-refractivity contribution is 4.87. The van der Waals surface area contributed by atoms with Gasteiger partial charge in [0.1, 0.15) is 0 Å². The second-order valence-corrected chi connectivity index (χ2v) is 6.76. The predicted molar refractivity (Wildman–Crippen MR) is 73.1 cm³/mol. The molecule has 0 aromatic carbocycles. The van der Waals surface area contributed by atoms with E-state index < -0.39 is 0 Å². The van der Waals surface area contributed by atoms with E-state index in [1.807, 2.05) is 0 Å². The number of hydrogen-bond acceptors (Lipinski definition) is 3. The van der Waals surface area contributed by atoms with Crippen molar-refractivity contribution in [1.82, 2.24) is 9.80 Å². The number of nitrogens with zero attached hydrogens (tertiary/aromatic N) is 2. The van der Waals surface area contributed by atoms with Crippen molar-refractivity contribution in [3.05, 3.63) is 0 Å². The van der Waals surface area contributed by atoms with Crippen LogP contribution in [0.25, 0.3) is 0 Å². The van der Waals surface area contributed by atoms with Crippen molar-refractivity contribution in [2.75, 3.05) is 26.2 Å². The van der Waals surface area contributed by atoms with Gasteiger partial charge in [-0.15, -0.1) is 0 Å². The first-order chi connectivity index (χ1) is 7.97. The third-order valence-electron chi connectivity index (χ3n) is 4.52. The molecule has 0 atom stereocenters. The molecule has 0 amide bonds. The van der Waals surface area contributed by atoms with Crippen molar-refractivity contribution in [1.29, 1.82) is 0 Å². The van der Waals surface area contributed by atoms with Gasteiger partial charge >= 0.3 is 0 Å². The lowest BCUT2D eigenvalue weighted by atomic mass is 9.90. The van der Waals surface area contributed by atoms with Gasteiger partial charge in [-0.05, 0) is 46.5 Å². The minimum absolute atomic E-state index is 0.334. The molecule has 0 bridgehead atoms. The van der Waals surface area contributed by atoms with Crippen LogP contribution in [-0.4, -0.2) is 53.6 Å². The van der Waals surface area contributed by atoms with E-state index in [2.05, 4.69) is 30.6 Å².